The third-order valence-corrected chi connectivity index (χ3v) is 3.19. The maximum Gasteiger partial charge on any atom is 0.275 e. The number of amides is 1. The van der Waals surface area contributed by atoms with Crippen molar-refractivity contribution < 1.29 is 4.79 Å². The Morgan fingerprint density at radius 2 is 2.12 bits per heavy atom. The molecule has 0 aliphatic rings. The molecule has 17 heavy (non-hydrogen) atoms. The van der Waals surface area contributed by atoms with Crippen molar-refractivity contribution >= 4 is 28.1 Å². The summed E-state index contributed by atoms with van der Waals surface area (Å²) in [7, 11) is 0. The fraction of sp³-hybridized carbons (Fsp3) is 0.167. The second kappa shape index (κ2) is 4.55. The first-order valence-electron chi connectivity index (χ1n) is 5.16. The number of anilines is 2. The Labute approximate surface area is 103 Å². The minimum Gasteiger partial charge on any atom is -0.375 e. The molecule has 0 saturated heterocycles. The lowest BCUT2D eigenvalue weighted by atomic mass is 10.1. The van der Waals surface area contributed by atoms with E-state index < -0.39 is 0 Å². The van der Waals surface area contributed by atoms with E-state index in [1.54, 1.807) is 5.38 Å². The van der Waals surface area contributed by atoms with E-state index >= 15 is 0 Å². The molecule has 88 valence electrons. The molecule has 2 rings (SSSR count). The molecule has 0 aliphatic heterocycles. The molecule has 0 fully saturated rings. The number of nitrogen functional groups attached to an aromatic ring is 1. The van der Waals surface area contributed by atoms with E-state index in [0.717, 1.165) is 11.3 Å². The monoisotopic (exact) mass is 247 g/mol. The van der Waals surface area contributed by atoms with Crippen LogP contribution in [0.25, 0.3) is 0 Å². The van der Waals surface area contributed by atoms with Crippen LogP contribution in [0.5, 0.6) is 0 Å². The minimum absolute atomic E-state index is 0.235. The van der Waals surface area contributed by atoms with Gasteiger partial charge < -0.3 is 11.1 Å². The topological polar surface area (TPSA) is 68.0 Å². The van der Waals surface area contributed by atoms with Crippen LogP contribution in [0.1, 0.15) is 21.6 Å². The molecule has 1 aromatic heterocycles. The maximum atomic E-state index is 11.8. The zero-order valence-corrected chi connectivity index (χ0v) is 10.5. The van der Waals surface area contributed by atoms with Crippen molar-refractivity contribution in [3.63, 3.8) is 0 Å². The van der Waals surface area contributed by atoms with Crippen LogP contribution in [0.15, 0.2) is 23.6 Å². The summed E-state index contributed by atoms with van der Waals surface area (Å²) in [6.45, 7) is 4.04. The number of aryl methyl sites for hydroxylation is 2. The third kappa shape index (κ3) is 2.62. The quantitative estimate of drug-likeness (QED) is 0.857. The van der Waals surface area contributed by atoms with Gasteiger partial charge in [0.2, 0.25) is 0 Å². The van der Waals surface area contributed by atoms with Gasteiger partial charge in [-0.1, -0.05) is 6.07 Å². The van der Waals surface area contributed by atoms with Gasteiger partial charge in [-0.3, -0.25) is 4.79 Å². The summed E-state index contributed by atoms with van der Waals surface area (Å²) in [4.78, 5) is 15.7. The number of hydrogen-bond donors (Lipinski definition) is 2. The summed E-state index contributed by atoms with van der Waals surface area (Å²) in [5.74, 6) is -0.235. The Bertz CT molecular complexity index is 563. The average Bonchev–Trinajstić information content (AvgIpc) is 2.70. The van der Waals surface area contributed by atoms with Crippen LogP contribution in [-0.4, -0.2) is 10.9 Å². The Kier molecular flexibility index (Phi) is 3.10. The number of hydrogen-bond acceptors (Lipinski definition) is 4. The molecule has 2 aromatic rings. The third-order valence-electron chi connectivity index (χ3n) is 2.52. The van der Waals surface area contributed by atoms with Crippen LogP contribution in [-0.2, 0) is 0 Å². The number of benzene rings is 1. The van der Waals surface area contributed by atoms with E-state index in [-0.39, 0.29) is 5.91 Å². The highest BCUT2D eigenvalue weighted by Crippen LogP contribution is 2.16. The average molecular weight is 247 g/mol. The molecule has 0 radical (unpaired) electrons. The lowest BCUT2D eigenvalue weighted by molar-refractivity contribution is 0.102. The number of nitrogens with one attached hydrogen (secondary N) is 1. The van der Waals surface area contributed by atoms with Gasteiger partial charge in [0.25, 0.3) is 5.91 Å². The molecule has 5 heteroatoms. The SMILES string of the molecule is Cc1ccc(NC(=O)c2csc(N)n2)cc1C. The Balaban J connectivity index is 2.15. The van der Waals surface area contributed by atoms with Gasteiger partial charge in [-0.2, -0.15) is 0 Å². The van der Waals surface area contributed by atoms with Gasteiger partial charge in [-0.05, 0) is 37.1 Å². The number of carbonyl (C=O) groups is 1. The number of carbonyl (C=O) groups excluding carboxylic acids is 1. The summed E-state index contributed by atoms with van der Waals surface area (Å²) >= 11 is 1.25. The van der Waals surface area contributed by atoms with Crippen LogP contribution >= 0.6 is 11.3 Å². The van der Waals surface area contributed by atoms with Gasteiger partial charge in [0.1, 0.15) is 5.69 Å². The first-order valence-corrected chi connectivity index (χ1v) is 6.04. The predicted molar refractivity (Wildman–Crippen MR) is 70.4 cm³/mol. The first-order chi connectivity index (χ1) is 8.06. The van der Waals surface area contributed by atoms with Gasteiger partial charge >= 0.3 is 0 Å². The van der Waals surface area contributed by atoms with Gasteiger partial charge in [0.05, 0.1) is 0 Å². The lowest BCUT2D eigenvalue weighted by Crippen LogP contribution is -2.12. The van der Waals surface area contributed by atoms with Crippen molar-refractivity contribution in [1.29, 1.82) is 0 Å². The molecule has 1 amide bonds. The maximum absolute atomic E-state index is 11.8. The highest BCUT2D eigenvalue weighted by atomic mass is 32.1. The van der Waals surface area contributed by atoms with Gasteiger partial charge in [-0.25, -0.2) is 4.98 Å². The largest absolute Gasteiger partial charge is 0.375 e. The van der Waals surface area contributed by atoms with Crippen molar-refractivity contribution in [3.8, 4) is 0 Å². The number of aromatic nitrogens is 1. The number of rotatable bonds is 2. The highest BCUT2D eigenvalue weighted by Gasteiger charge is 2.09. The van der Waals surface area contributed by atoms with Crippen LogP contribution in [0.3, 0.4) is 0 Å². The van der Waals surface area contributed by atoms with Crippen molar-refractivity contribution in [3.05, 3.63) is 40.4 Å². The predicted octanol–water partition coefficient (Wildman–Crippen LogP) is 2.59. The molecule has 1 heterocycles. The standard InChI is InChI=1S/C12H13N3OS/c1-7-3-4-9(5-8(7)2)14-11(16)10-6-17-12(13)15-10/h3-6H,1-2H3,(H2,13,15)(H,14,16). The summed E-state index contributed by atoms with van der Waals surface area (Å²) in [5.41, 5.74) is 8.94. The van der Waals surface area contributed by atoms with Crippen LogP contribution in [0, 0.1) is 13.8 Å². The number of nitrogens with zero attached hydrogens (tertiary/aromatic N) is 1. The van der Waals surface area contributed by atoms with E-state index in [1.165, 1.54) is 16.9 Å². The fourth-order valence-electron chi connectivity index (χ4n) is 1.41. The summed E-state index contributed by atoms with van der Waals surface area (Å²) in [6.07, 6.45) is 0. The van der Waals surface area contributed by atoms with Gasteiger partial charge in [-0.15, -0.1) is 11.3 Å². The molecule has 3 N–H and O–H groups in total. The molecular weight excluding hydrogens is 234 g/mol. The molecule has 0 bridgehead atoms. The van der Waals surface area contributed by atoms with Gasteiger partial charge in [0, 0.05) is 11.1 Å². The van der Waals surface area contributed by atoms with Crippen molar-refractivity contribution in [2.45, 2.75) is 13.8 Å². The van der Waals surface area contributed by atoms with E-state index in [0.29, 0.717) is 10.8 Å². The minimum atomic E-state index is -0.235. The van der Waals surface area contributed by atoms with Crippen molar-refractivity contribution in [1.82, 2.24) is 4.98 Å². The second-order valence-electron chi connectivity index (χ2n) is 3.82. The van der Waals surface area contributed by atoms with Gasteiger partial charge in [0.15, 0.2) is 5.13 Å². The van der Waals surface area contributed by atoms with E-state index in [9.17, 15) is 4.79 Å². The fourth-order valence-corrected chi connectivity index (χ4v) is 1.95. The summed E-state index contributed by atoms with van der Waals surface area (Å²) in [5, 5.41) is 4.83. The summed E-state index contributed by atoms with van der Waals surface area (Å²) < 4.78 is 0. The number of thiazole rings is 1. The van der Waals surface area contributed by atoms with Crippen LogP contribution in [0.2, 0.25) is 0 Å². The smallest absolute Gasteiger partial charge is 0.275 e. The molecule has 0 spiro atoms. The van der Waals surface area contributed by atoms with Crippen molar-refractivity contribution in [2.24, 2.45) is 0 Å². The Morgan fingerprint density at radius 1 is 1.35 bits per heavy atom. The lowest BCUT2D eigenvalue weighted by Gasteiger charge is -2.06. The molecule has 0 saturated carbocycles. The van der Waals surface area contributed by atoms with E-state index in [2.05, 4.69) is 10.3 Å². The zero-order chi connectivity index (χ0) is 12.4. The van der Waals surface area contributed by atoms with Crippen LogP contribution < -0.4 is 11.1 Å². The second-order valence-corrected chi connectivity index (χ2v) is 4.71. The molecule has 0 atom stereocenters. The Morgan fingerprint density at radius 3 is 2.71 bits per heavy atom. The molecule has 4 nitrogen and oxygen atoms in total. The molecule has 0 aliphatic carbocycles. The number of nitrogens with two attached hydrogens (primary N) is 1. The molecule has 1 aromatic carbocycles. The van der Waals surface area contributed by atoms with E-state index in [1.807, 2.05) is 32.0 Å². The molecular formula is C12H13N3OS. The van der Waals surface area contributed by atoms with E-state index in [4.69, 9.17) is 5.73 Å². The van der Waals surface area contributed by atoms with Crippen LogP contribution in [0.4, 0.5) is 10.8 Å². The summed E-state index contributed by atoms with van der Waals surface area (Å²) in [6, 6.07) is 5.78. The van der Waals surface area contributed by atoms with Crippen molar-refractivity contribution in [2.75, 3.05) is 11.1 Å². The normalized spacial score (nSPS) is 10.2. The molecule has 0 unspecified atom stereocenters. The Hall–Kier alpha value is -1.88. The highest BCUT2D eigenvalue weighted by molar-refractivity contribution is 7.13. The first kappa shape index (κ1) is 11.6. The zero-order valence-electron chi connectivity index (χ0n) is 9.65.